The van der Waals surface area contributed by atoms with Gasteiger partial charge in [-0.25, -0.2) is 0 Å². The van der Waals surface area contributed by atoms with Crippen molar-refractivity contribution >= 4 is 17.9 Å². The first kappa shape index (κ1) is 34.9. The number of alkyl halides is 6. The van der Waals surface area contributed by atoms with Crippen LogP contribution in [0.1, 0.15) is 98.3 Å². The van der Waals surface area contributed by atoms with E-state index in [9.17, 15) is 40.7 Å². The third-order valence-corrected chi connectivity index (χ3v) is 10.1. The van der Waals surface area contributed by atoms with Gasteiger partial charge in [-0.05, 0) is 73.5 Å². The number of esters is 3. The third-order valence-electron chi connectivity index (χ3n) is 10.1. The normalized spacial score (nSPS) is 31.4. The summed E-state index contributed by atoms with van der Waals surface area (Å²) in [5.41, 5.74) is -3.33. The zero-order valence-electron chi connectivity index (χ0n) is 26.0. The van der Waals surface area contributed by atoms with E-state index in [1.54, 1.807) is 0 Å². The highest BCUT2D eigenvalue weighted by molar-refractivity contribution is 5.67. The van der Waals surface area contributed by atoms with E-state index in [2.05, 4.69) is 23.7 Å². The highest BCUT2D eigenvalue weighted by atomic mass is 19.4. The van der Waals surface area contributed by atoms with E-state index in [0.717, 1.165) is 37.7 Å². The second-order valence-corrected chi connectivity index (χ2v) is 13.3. The number of hydrogen-bond acceptors (Lipinski definition) is 6. The van der Waals surface area contributed by atoms with Gasteiger partial charge in [-0.15, -0.1) is 0 Å². The topological polar surface area (TPSA) is 78.9 Å². The quantitative estimate of drug-likeness (QED) is 0.127. The smallest absolute Gasteiger partial charge is 0.450 e. The van der Waals surface area contributed by atoms with Gasteiger partial charge in [0, 0.05) is 46.5 Å². The maximum absolute atomic E-state index is 13.7. The molecule has 0 spiro atoms. The summed E-state index contributed by atoms with van der Waals surface area (Å²) in [6, 6.07) is 0. The maximum atomic E-state index is 13.7. The summed E-state index contributed by atoms with van der Waals surface area (Å²) in [6.07, 6.45) is -1.68. The van der Waals surface area contributed by atoms with Crippen molar-refractivity contribution in [1.82, 2.24) is 0 Å². The highest BCUT2D eigenvalue weighted by Gasteiger charge is 2.74. The Hall–Kier alpha value is -2.97. The molecule has 0 heterocycles. The van der Waals surface area contributed by atoms with Gasteiger partial charge in [-0.1, -0.05) is 36.1 Å². The molecule has 4 rings (SSSR count). The number of hydrogen-bond donors (Lipinski definition) is 0. The van der Waals surface area contributed by atoms with Gasteiger partial charge in [0.05, 0.1) is 0 Å². The second kappa shape index (κ2) is 12.7. The predicted molar refractivity (Wildman–Crippen MR) is 150 cm³/mol. The number of rotatable bonds is 6. The molecular weight excluding hydrogens is 606 g/mol. The van der Waals surface area contributed by atoms with Crippen molar-refractivity contribution in [2.45, 2.75) is 128 Å². The first-order valence-corrected chi connectivity index (χ1v) is 15.4. The molecule has 4 aliphatic carbocycles. The highest BCUT2D eigenvalue weighted by Crippen LogP contribution is 2.69. The van der Waals surface area contributed by atoms with Gasteiger partial charge in [0.1, 0.15) is 12.2 Å². The summed E-state index contributed by atoms with van der Waals surface area (Å²) in [7, 11) is 0. The average Bonchev–Trinajstić information content (AvgIpc) is 3.56. The molecule has 0 N–H and O–H groups in total. The van der Waals surface area contributed by atoms with E-state index in [4.69, 9.17) is 9.47 Å². The maximum Gasteiger partial charge on any atom is 0.450 e. The zero-order chi connectivity index (χ0) is 33.4. The fourth-order valence-electron chi connectivity index (χ4n) is 8.20. The summed E-state index contributed by atoms with van der Waals surface area (Å²) in [4.78, 5) is 34.5. The molecule has 4 aliphatic rings. The van der Waals surface area contributed by atoms with E-state index in [1.165, 1.54) is 25.3 Å². The first-order chi connectivity index (χ1) is 20.8. The molecule has 0 aromatic rings. The fourth-order valence-corrected chi connectivity index (χ4v) is 8.20. The number of carbonyl (C=O) groups excluding carboxylic acids is 3. The lowest BCUT2D eigenvalue weighted by atomic mass is 9.59. The number of ether oxygens (including phenoxy) is 3. The van der Waals surface area contributed by atoms with Crippen LogP contribution in [0.15, 0.2) is 23.3 Å². The van der Waals surface area contributed by atoms with Crippen LogP contribution < -0.4 is 0 Å². The minimum atomic E-state index is -5.96. The van der Waals surface area contributed by atoms with Crippen LogP contribution in [0.5, 0.6) is 0 Å². The van der Waals surface area contributed by atoms with E-state index in [0.29, 0.717) is 39.0 Å². The van der Waals surface area contributed by atoms with E-state index in [-0.39, 0.29) is 23.7 Å². The number of halogens is 6. The molecule has 4 fully saturated rings. The van der Waals surface area contributed by atoms with Crippen molar-refractivity contribution in [3.05, 3.63) is 23.3 Å². The molecule has 12 heteroatoms. The van der Waals surface area contributed by atoms with Gasteiger partial charge < -0.3 is 14.2 Å². The lowest BCUT2D eigenvalue weighted by molar-refractivity contribution is -0.345. The Morgan fingerprint density at radius 2 is 1.44 bits per heavy atom. The Labute approximate surface area is 259 Å². The summed E-state index contributed by atoms with van der Waals surface area (Å²) >= 11 is 0. The van der Waals surface area contributed by atoms with Crippen LogP contribution in [0.4, 0.5) is 26.3 Å². The number of carbonyl (C=O) groups is 3. The predicted octanol–water partition coefficient (Wildman–Crippen LogP) is 7.70. The van der Waals surface area contributed by atoms with Crippen LogP contribution in [0, 0.1) is 34.5 Å². The van der Waals surface area contributed by atoms with Gasteiger partial charge in [-0.2, -0.15) is 26.3 Å². The van der Waals surface area contributed by atoms with Crippen molar-refractivity contribution in [2.75, 3.05) is 0 Å². The average molecular weight is 647 g/mol. The Kier molecular flexibility index (Phi) is 9.83. The SMILES string of the molecule is CC(=O)OC1C/C(=C/C=C2\CCC[C@@]3(C)C2CCC3C2(CC#CC(OC(C)=O)(C(F)(F)F)C(F)(F)F)CC2)C[C@@H](OC(C)=O)C1. The van der Waals surface area contributed by atoms with Crippen LogP contribution in [0.2, 0.25) is 0 Å². The monoisotopic (exact) mass is 646 g/mol. The van der Waals surface area contributed by atoms with Crippen molar-refractivity contribution in [3.8, 4) is 11.8 Å². The molecule has 3 unspecified atom stereocenters. The molecule has 5 atom stereocenters. The first-order valence-electron chi connectivity index (χ1n) is 15.4. The van der Waals surface area contributed by atoms with Crippen LogP contribution in [-0.2, 0) is 28.6 Å². The number of allylic oxidation sites excluding steroid dienone is 3. The van der Waals surface area contributed by atoms with Crippen molar-refractivity contribution in [2.24, 2.45) is 22.7 Å². The van der Waals surface area contributed by atoms with Gasteiger partial charge in [0.2, 0.25) is 0 Å². The zero-order valence-corrected chi connectivity index (χ0v) is 26.0. The molecule has 4 saturated carbocycles. The van der Waals surface area contributed by atoms with Gasteiger partial charge in [0.15, 0.2) is 0 Å². The van der Waals surface area contributed by atoms with Crippen LogP contribution >= 0.6 is 0 Å². The Morgan fingerprint density at radius 1 is 0.867 bits per heavy atom. The minimum absolute atomic E-state index is 0.0666. The second-order valence-electron chi connectivity index (χ2n) is 13.3. The Morgan fingerprint density at radius 3 is 1.93 bits per heavy atom. The molecule has 6 nitrogen and oxygen atoms in total. The summed E-state index contributed by atoms with van der Waals surface area (Å²) in [5.74, 6) is 1.23. The molecule has 0 amide bonds. The molecule has 250 valence electrons. The molecule has 0 radical (unpaired) electrons. The standard InChI is InChI=1S/C33H40F6O6/c1-20(40)43-25-17-23(18-26(19-25)44-21(2)41)8-9-24-7-5-12-29(4)27(24)10-11-28(29)30(15-16-30)13-6-14-31(32(34,35)36,33(37,38)39)45-22(3)42/h8-9,25-28H,5,7,10-13,15-19H2,1-4H3/b23-8-,24-9+/t25?,26-,27?,28?,29+/m1/s1. The van der Waals surface area contributed by atoms with Gasteiger partial charge >= 0.3 is 35.9 Å². The summed E-state index contributed by atoms with van der Waals surface area (Å²) in [6.45, 7) is 5.33. The summed E-state index contributed by atoms with van der Waals surface area (Å²) < 4.78 is 96.9. The Bertz CT molecular complexity index is 1260. The minimum Gasteiger partial charge on any atom is -0.462 e. The molecule has 0 saturated heterocycles. The fraction of sp³-hybridized carbons (Fsp3) is 0.727. The van der Waals surface area contributed by atoms with E-state index in [1.807, 2.05) is 6.08 Å². The van der Waals surface area contributed by atoms with Crippen molar-refractivity contribution in [3.63, 3.8) is 0 Å². The van der Waals surface area contributed by atoms with Crippen LogP contribution in [0.25, 0.3) is 0 Å². The lowest BCUT2D eigenvalue weighted by Gasteiger charge is -2.45. The van der Waals surface area contributed by atoms with Gasteiger partial charge in [0.25, 0.3) is 0 Å². The van der Waals surface area contributed by atoms with Crippen LogP contribution in [-0.4, -0.2) is 48.1 Å². The van der Waals surface area contributed by atoms with E-state index < -0.39 is 53.5 Å². The molecule has 0 aliphatic heterocycles. The summed E-state index contributed by atoms with van der Waals surface area (Å²) in [5, 5.41) is 0. The Balaban J connectivity index is 1.55. The molecular formula is C33H40F6O6. The largest absolute Gasteiger partial charge is 0.462 e. The van der Waals surface area contributed by atoms with Crippen LogP contribution in [0.3, 0.4) is 0 Å². The lowest BCUT2D eigenvalue weighted by Crippen LogP contribution is -2.58. The van der Waals surface area contributed by atoms with Crippen molar-refractivity contribution in [1.29, 1.82) is 0 Å². The molecule has 45 heavy (non-hydrogen) atoms. The van der Waals surface area contributed by atoms with Crippen molar-refractivity contribution < 1.29 is 54.9 Å². The van der Waals surface area contributed by atoms with Gasteiger partial charge in [-0.3, -0.25) is 14.4 Å². The third kappa shape index (κ3) is 7.38. The molecule has 0 aromatic heterocycles. The molecule has 0 aromatic carbocycles. The number of fused-ring (bicyclic) bond motifs is 1. The van der Waals surface area contributed by atoms with E-state index >= 15 is 0 Å². The molecule has 0 bridgehead atoms.